The summed E-state index contributed by atoms with van der Waals surface area (Å²) in [6, 6.07) is 157. The van der Waals surface area contributed by atoms with Gasteiger partial charge in [0.25, 0.3) is 20.1 Å². The molecule has 0 unspecified atom stereocenters. The maximum absolute atomic E-state index is 6.75. The Morgan fingerprint density at radius 3 is 0.732 bits per heavy atom. The second-order valence-corrected chi connectivity index (χ2v) is 37.8. The minimum absolute atomic E-state index is 0.0218. The van der Waals surface area contributed by atoms with Crippen molar-refractivity contribution < 1.29 is 33.2 Å². The molecule has 0 amide bonds. The molecule has 0 atom stereocenters. The quantitative estimate of drug-likeness (QED) is 0.153. The Hall–Kier alpha value is -18.8. The molecule has 0 N–H and O–H groups in total. The highest BCUT2D eigenvalue weighted by Crippen LogP contribution is 2.51. The van der Waals surface area contributed by atoms with Gasteiger partial charge < -0.3 is 60.6 Å². The third-order valence-corrected chi connectivity index (χ3v) is 30.5. The summed E-state index contributed by atoms with van der Waals surface area (Å²) in [4.78, 5) is 0. The highest BCUT2D eigenvalue weighted by Gasteiger charge is 2.48. The van der Waals surface area contributed by atoms with E-state index in [0.29, 0.717) is 0 Å². The van der Waals surface area contributed by atoms with Gasteiger partial charge in [-0.15, -0.1) is 0 Å². The van der Waals surface area contributed by atoms with Crippen molar-refractivity contribution in [3.63, 3.8) is 0 Å². The van der Waals surface area contributed by atoms with E-state index in [-0.39, 0.29) is 20.1 Å². The van der Waals surface area contributed by atoms with Gasteiger partial charge in [-0.1, -0.05) is 261 Å². The van der Waals surface area contributed by atoms with Crippen molar-refractivity contribution in [1.29, 1.82) is 0 Å². The molecule has 13 nitrogen and oxygen atoms in total. The molecule has 7 aliphatic rings. The summed E-state index contributed by atoms with van der Waals surface area (Å²) in [7, 11) is 0. The van der Waals surface area contributed by atoms with E-state index < -0.39 is 0 Å². The number of hydrogen-bond donors (Lipinski definition) is 0. The van der Waals surface area contributed by atoms with Crippen LogP contribution in [0.1, 0.15) is 0 Å². The molecule has 0 aliphatic carbocycles. The van der Waals surface area contributed by atoms with Crippen molar-refractivity contribution >= 4 is 200 Å². The van der Waals surface area contributed by atoms with Crippen LogP contribution in [0, 0.1) is 0 Å². The van der Waals surface area contributed by atoms with Gasteiger partial charge in [-0.05, 0) is 174 Å². The van der Waals surface area contributed by atoms with Crippen LogP contribution in [0.25, 0.3) is 165 Å². The van der Waals surface area contributed by atoms with E-state index in [1.54, 1.807) is 0 Å². The third-order valence-electron chi connectivity index (χ3n) is 30.5. The minimum Gasteiger partial charge on any atom is -0.458 e. The van der Waals surface area contributed by atoms with Crippen molar-refractivity contribution in [2.45, 2.75) is 0 Å². The molecule has 6 aromatic heterocycles. The van der Waals surface area contributed by atoms with E-state index in [4.69, 9.17) is 33.2 Å². The SMILES string of the molecule is c1ccc(-n2c3ccccc3c3c2ccc2c4ccccc4n(-c4cc5c6c(c4)Oc4cccc7c4B6c4c(cccc4O5)O7)c23)cc1.c1ccc(-n2c3ccccc3c3c2ccc2c4ccccc4n(-c4cc5c6c(c4)Oc4ccccc4B6c4ccccc4O5)c23)cc1.c1ccc(-n2c3ccccc3c3c2ccc2c4ccccc4n(-c4ccc5c(c4)Oc4cccc6c4B5c4ccccc4O6)c23)cc1. The van der Waals surface area contributed by atoms with Crippen molar-refractivity contribution in [2.75, 3.05) is 0 Å². The van der Waals surface area contributed by atoms with Gasteiger partial charge in [0, 0.05) is 145 Å². The van der Waals surface area contributed by atoms with Crippen LogP contribution in [-0.2, 0) is 0 Å². The first-order valence-electron chi connectivity index (χ1n) is 48.4. The lowest BCUT2D eigenvalue weighted by molar-refractivity contribution is 0.442. The zero-order chi connectivity index (χ0) is 92.4. The zero-order valence-corrected chi connectivity index (χ0v) is 75.9. The van der Waals surface area contributed by atoms with Crippen LogP contribution in [0.2, 0.25) is 0 Å². The fourth-order valence-corrected chi connectivity index (χ4v) is 24.8. The lowest BCUT2D eigenvalue weighted by Gasteiger charge is -2.37. The highest BCUT2D eigenvalue weighted by atomic mass is 16.5. The number of ether oxygens (including phenoxy) is 7. The Labute approximate surface area is 812 Å². The summed E-state index contributed by atoms with van der Waals surface area (Å²) in [5, 5.41) is 14.6. The van der Waals surface area contributed by atoms with E-state index in [9.17, 15) is 0 Å². The second-order valence-electron chi connectivity index (χ2n) is 37.8. The monoisotopic (exact) mass is 1810 g/mol. The lowest BCUT2D eigenvalue weighted by atomic mass is 9.34. The topological polar surface area (TPSA) is 94.2 Å². The number of para-hydroxylation sites is 12. The van der Waals surface area contributed by atoms with Crippen LogP contribution in [0.5, 0.6) is 80.5 Å². The van der Waals surface area contributed by atoms with Crippen LogP contribution in [0.4, 0.5) is 0 Å². The Morgan fingerprint density at radius 2 is 0.373 bits per heavy atom. The van der Waals surface area contributed by atoms with Crippen LogP contribution >= 0.6 is 0 Å². The number of hydrogen-bond acceptors (Lipinski definition) is 7. The van der Waals surface area contributed by atoms with Gasteiger partial charge in [-0.25, -0.2) is 0 Å². The molecule has 0 bridgehead atoms. The smallest absolute Gasteiger partial charge is 0.270 e. The maximum atomic E-state index is 6.75. The van der Waals surface area contributed by atoms with E-state index >= 15 is 0 Å². The number of rotatable bonds is 6. The van der Waals surface area contributed by atoms with Gasteiger partial charge in [0.15, 0.2) is 0 Å². The summed E-state index contributed by atoms with van der Waals surface area (Å²) < 4.78 is 60.8. The summed E-state index contributed by atoms with van der Waals surface area (Å²) in [5.74, 6) is 11.9. The van der Waals surface area contributed by atoms with Gasteiger partial charge in [0.05, 0.1) is 77.6 Å². The Morgan fingerprint density at radius 1 is 0.134 bits per heavy atom. The molecule has 142 heavy (non-hydrogen) atoms. The summed E-state index contributed by atoms with van der Waals surface area (Å²) in [6.45, 7) is 0.0571. The van der Waals surface area contributed by atoms with Crippen LogP contribution in [0.3, 0.4) is 0 Å². The molecule has 0 saturated carbocycles. The van der Waals surface area contributed by atoms with Gasteiger partial charge in [-0.3, -0.25) is 0 Å². The first-order chi connectivity index (χ1) is 70.5. The predicted octanol–water partition coefficient (Wildman–Crippen LogP) is 25.9. The van der Waals surface area contributed by atoms with E-state index in [1.165, 1.54) is 109 Å². The third kappa shape index (κ3) is 10.8. The molecule has 0 saturated heterocycles. The average Bonchev–Trinajstić information content (AvgIpc) is 1.54. The van der Waals surface area contributed by atoms with Crippen LogP contribution in [0.15, 0.2) is 443 Å². The first kappa shape index (κ1) is 77.4. The first-order valence-corrected chi connectivity index (χ1v) is 48.4. The van der Waals surface area contributed by atoms with E-state index in [0.717, 1.165) is 186 Å². The Balaban J connectivity index is 0.0000000958. The largest absolute Gasteiger partial charge is 0.458 e. The van der Waals surface area contributed by atoms with Crippen molar-refractivity contribution in [2.24, 2.45) is 0 Å². The molecule has 16 heteroatoms. The Bertz CT molecular complexity index is 10100. The van der Waals surface area contributed by atoms with Crippen LogP contribution < -0.4 is 82.3 Å². The van der Waals surface area contributed by atoms with Gasteiger partial charge >= 0.3 is 0 Å². The number of nitrogens with zero attached hydrogens (tertiary/aromatic N) is 6. The summed E-state index contributed by atoms with van der Waals surface area (Å²) in [6.07, 6.45) is 0. The molecular weight excluding hydrogens is 1740 g/mol. The van der Waals surface area contributed by atoms with Gasteiger partial charge in [-0.2, -0.15) is 0 Å². The summed E-state index contributed by atoms with van der Waals surface area (Å²) >= 11 is 0. The van der Waals surface area contributed by atoms with Gasteiger partial charge in [0.1, 0.15) is 80.5 Å². The second kappa shape index (κ2) is 29.4. The molecular formula is C126H73B3N6O7. The Kier molecular flexibility index (Phi) is 16.0. The van der Waals surface area contributed by atoms with Crippen molar-refractivity contribution in [1.82, 2.24) is 27.4 Å². The maximum Gasteiger partial charge on any atom is 0.270 e. The molecule has 658 valence electrons. The fourth-order valence-electron chi connectivity index (χ4n) is 24.8. The molecule has 27 aromatic rings. The molecule has 0 fully saturated rings. The number of benzene rings is 21. The zero-order valence-electron chi connectivity index (χ0n) is 75.9. The minimum atomic E-state index is -0.0218. The normalized spacial score (nSPS) is 13.1. The standard InChI is InChI=1S/C42H23BN2O3.2C42H25BN2O2/c1-2-10-24(11-3-1)44-30-15-7-5-13-28(30)38-31(44)21-20-27-26-12-4-6-14-29(26)45(42(27)38)25-22-36-41-37(23-25)48-35-19-9-17-33-40(35)43(41)39-32(46-33)16-8-18-34(39)47-36;1-2-12-26(13-3-1)44-34-19-9-5-15-30(34)40-35(44)23-22-29-28-14-4-8-18-33(28)45(42(29)40)27-24-38-41-39(25-27)47-37-21-11-7-17-32(37)43(41)31-16-6-10-20-36(31)46-38;1-2-11-26(12-3-1)44-34-17-8-5-14-30(34)40-35(44)24-22-29-28-13-4-7-16-33(28)45(42(29)40)27-21-23-32-39(25-27)47-38-20-10-19-37-41(38)43(32)31-15-6-9-18-36(31)46-37/h1-23H;2*1-25H. The summed E-state index contributed by atoms with van der Waals surface area (Å²) in [5.41, 5.74) is 30.5. The molecule has 34 rings (SSSR count). The molecule has 13 heterocycles. The van der Waals surface area contributed by atoms with Gasteiger partial charge in [0.2, 0.25) is 0 Å². The van der Waals surface area contributed by atoms with Crippen molar-refractivity contribution in [3.05, 3.63) is 443 Å². The average molecular weight is 1820 g/mol. The predicted molar refractivity (Wildman–Crippen MR) is 578 cm³/mol. The number of aromatic nitrogens is 6. The molecule has 7 aliphatic heterocycles. The van der Waals surface area contributed by atoms with Crippen LogP contribution in [-0.4, -0.2) is 47.5 Å². The lowest BCUT2D eigenvalue weighted by Crippen LogP contribution is -2.59. The molecule has 0 radical (unpaired) electrons. The number of fused-ring (bicyclic) bond motifs is 29. The highest BCUT2D eigenvalue weighted by molar-refractivity contribution is 7.00. The van der Waals surface area contributed by atoms with E-state index in [1.807, 2.05) is 66.7 Å². The fraction of sp³-hybridized carbons (Fsp3) is 0. The molecule has 21 aromatic carbocycles. The van der Waals surface area contributed by atoms with E-state index in [2.05, 4.69) is 404 Å². The molecule has 0 spiro atoms. The van der Waals surface area contributed by atoms with Crippen molar-refractivity contribution in [3.8, 4) is 115 Å².